The molecule has 0 radical (unpaired) electrons. The maximum absolute atomic E-state index is 13.4. The molecule has 7 nitrogen and oxygen atoms in total. The zero-order valence-electron chi connectivity index (χ0n) is 16.6. The molecular formula is C22H17F2IN6O. The highest BCUT2D eigenvalue weighted by molar-refractivity contribution is 14.1. The average molecular weight is 546 g/mol. The van der Waals surface area contributed by atoms with Gasteiger partial charge >= 0.3 is 3.93 Å². The number of carbonyl (C=O) groups is 1. The number of halogens is 3. The molecule has 1 aliphatic carbocycles. The van der Waals surface area contributed by atoms with Gasteiger partial charge < -0.3 is 5.32 Å². The lowest BCUT2D eigenvalue weighted by Crippen LogP contribution is -2.31. The van der Waals surface area contributed by atoms with Gasteiger partial charge in [-0.25, -0.2) is 9.97 Å². The van der Waals surface area contributed by atoms with Gasteiger partial charge in [0.05, 0.1) is 23.3 Å². The van der Waals surface area contributed by atoms with Gasteiger partial charge in [0.2, 0.25) is 0 Å². The summed E-state index contributed by atoms with van der Waals surface area (Å²) in [6, 6.07) is 8.47. The Hall–Kier alpha value is -3.02. The molecule has 1 unspecified atom stereocenters. The third-order valence-corrected chi connectivity index (χ3v) is 6.23. The first-order chi connectivity index (χ1) is 15.4. The van der Waals surface area contributed by atoms with E-state index in [0.29, 0.717) is 5.65 Å². The van der Waals surface area contributed by atoms with Gasteiger partial charge in [-0.15, -0.1) is 0 Å². The van der Waals surface area contributed by atoms with Crippen molar-refractivity contribution in [2.45, 2.75) is 29.2 Å². The van der Waals surface area contributed by atoms with E-state index >= 15 is 0 Å². The van der Waals surface area contributed by atoms with Crippen molar-refractivity contribution in [3.05, 3.63) is 71.4 Å². The number of alkyl halides is 3. The molecule has 5 rings (SSSR count). The highest BCUT2D eigenvalue weighted by atomic mass is 127. The van der Waals surface area contributed by atoms with Crippen molar-refractivity contribution < 1.29 is 13.6 Å². The van der Waals surface area contributed by atoms with Crippen molar-refractivity contribution in [1.29, 1.82) is 0 Å². The van der Waals surface area contributed by atoms with E-state index in [2.05, 4.69) is 36.5 Å². The minimum absolute atomic E-state index is 0.112. The molecule has 0 aliphatic heterocycles. The van der Waals surface area contributed by atoms with Crippen LogP contribution in [-0.4, -0.2) is 31.1 Å². The molecule has 0 saturated carbocycles. The Morgan fingerprint density at radius 2 is 2.03 bits per heavy atom. The maximum Gasteiger partial charge on any atom is 0.323 e. The number of hydrogen-bond donors (Lipinski definition) is 2. The molecule has 4 aromatic rings. The highest BCUT2D eigenvalue weighted by Crippen LogP contribution is 2.35. The van der Waals surface area contributed by atoms with Gasteiger partial charge in [-0.1, -0.05) is 12.1 Å². The fourth-order valence-electron chi connectivity index (χ4n) is 4.03. The second-order valence-electron chi connectivity index (χ2n) is 7.62. The normalized spacial score (nSPS) is 16.0. The van der Waals surface area contributed by atoms with Crippen molar-refractivity contribution in [1.82, 2.24) is 30.5 Å². The smallest absolute Gasteiger partial charge is 0.323 e. The van der Waals surface area contributed by atoms with E-state index in [1.54, 1.807) is 6.20 Å². The minimum Gasteiger partial charge on any atom is -0.344 e. The molecule has 1 atom stereocenters. The van der Waals surface area contributed by atoms with Gasteiger partial charge in [0.25, 0.3) is 5.91 Å². The molecule has 1 amide bonds. The van der Waals surface area contributed by atoms with Crippen molar-refractivity contribution >= 4 is 39.5 Å². The molecule has 0 fully saturated rings. The fraction of sp³-hybridized carbons (Fsp3) is 0.227. The lowest BCUT2D eigenvalue weighted by atomic mass is 9.86. The number of nitrogens with zero attached hydrogens (tertiary/aromatic N) is 4. The number of fused-ring (bicyclic) bond motifs is 2. The number of aromatic nitrogens is 5. The van der Waals surface area contributed by atoms with Crippen molar-refractivity contribution in [2.75, 3.05) is 0 Å². The number of pyridine rings is 1. The molecular weight excluding hydrogens is 529 g/mol. The summed E-state index contributed by atoms with van der Waals surface area (Å²) in [6.07, 6.45) is 6.86. The molecule has 0 spiro atoms. The van der Waals surface area contributed by atoms with E-state index in [0.717, 1.165) is 75.8 Å². The van der Waals surface area contributed by atoms with Crippen molar-refractivity contribution in [3.8, 4) is 11.3 Å². The van der Waals surface area contributed by atoms with Crippen LogP contribution >= 0.6 is 22.6 Å². The molecule has 1 aromatic carbocycles. The number of hydrogen-bond acceptors (Lipinski definition) is 5. The van der Waals surface area contributed by atoms with Crippen LogP contribution in [0.1, 0.15) is 46.1 Å². The predicted molar refractivity (Wildman–Crippen MR) is 122 cm³/mol. The molecule has 32 heavy (non-hydrogen) atoms. The molecule has 162 valence electrons. The van der Waals surface area contributed by atoms with Crippen LogP contribution in [0.2, 0.25) is 0 Å². The number of nitrogens with one attached hydrogen (secondary N) is 2. The van der Waals surface area contributed by atoms with E-state index in [4.69, 9.17) is 0 Å². The monoisotopic (exact) mass is 546 g/mol. The first-order valence-corrected chi connectivity index (χ1v) is 11.1. The van der Waals surface area contributed by atoms with Crippen LogP contribution in [0.25, 0.3) is 22.3 Å². The summed E-state index contributed by atoms with van der Waals surface area (Å²) >= 11 is 1.04. The van der Waals surface area contributed by atoms with Gasteiger partial charge in [-0.2, -0.15) is 13.9 Å². The Labute approximate surface area is 195 Å². The Balaban J connectivity index is 1.39. The van der Waals surface area contributed by atoms with Crippen LogP contribution in [0.4, 0.5) is 8.78 Å². The van der Waals surface area contributed by atoms with Crippen molar-refractivity contribution in [2.24, 2.45) is 0 Å². The topological polar surface area (TPSA) is 96.5 Å². The minimum atomic E-state index is -3.02. The quantitative estimate of drug-likeness (QED) is 0.286. The lowest BCUT2D eigenvalue weighted by Gasteiger charge is -2.27. The Morgan fingerprint density at radius 1 is 1.16 bits per heavy atom. The van der Waals surface area contributed by atoms with E-state index in [1.165, 1.54) is 18.5 Å². The third-order valence-electron chi connectivity index (χ3n) is 5.61. The van der Waals surface area contributed by atoms with Gasteiger partial charge in [-0.05, 0) is 48.6 Å². The van der Waals surface area contributed by atoms with E-state index in [1.807, 2.05) is 12.1 Å². The first kappa shape index (κ1) is 20.9. The van der Waals surface area contributed by atoms with E-state index < -0.39 is 3.93 Å². The summed E-state index contributed by atoms with van der Waals surface area (Å²) in [4.78, 5) is 25.2. The molecule has 3 aromatic heterocycles. The maximum atomic E-state index is 13.4. The Kier molecular flexibility index (Phi) is 5.31. The summed E-state index contributed by atoms with van der Waals surface area (Å²) < 4.78 is 23.7. The van der Waals surface area contributed by atoms with Crippen molar-refractivity contribution in [3.63, 3.8) is 0 Å². The van der Waals surface area contributed by atoms with Crippen LogP contribution < -0.4 is 5.32 Å². The van der Waals surface area contributed by atoms with Crippen LogP contribution in [0.3, 0.4) is 0 Å². The average Bonchev–Trinajstić information content (AvgIpc) is 3.27. The van der Waals surface area contributed by atoms with Gasteiger partial charge in [0.15, 0.2) is 5.65 Å². The Bertz CT molecular complexity index is 1300. The Morgan fingerprint density at radius 3 is 2.81 bits per heavy atom. The number of benzene rings is 1. The molecule has 3 heterocycles. The summed E-state index contributed by atoms with van der Waals surface area (Å²) in [5, 5.41) is 10.7. The summed E-state index contributed by atoms with van der Waals surface area (Å²) in [5.74, 6) is -0.383. The van der Waals surface area contributed by atoms with Crippen LogP contribution in [0.15, 0.2) is 49.1 Å². The first-order valence-electron chi connectivity index (χ1n) is 10.0. The molecule has 1 aliphatic rings. The van der Waals surface area contributed by atoms with Gasteiger partial charge in [0, 0.05) is 39.9 Å². The number of carbonyl (C=O) groups excluding carboxylic acids is 1. The molecule has 10 heteroatoms. The summed E-state index contributed by atoms with van der Waals surface area (Å²) in [7, 11) is 0. The second-order valence-corrected chi connectivity index (χ2v) is 8.97. The molecule has 2 N–H and O–H groups in total. The second kappa shape index (κ2) is 8.15. The zero-order valence-corrected chi connectivity index (χ0v) is 18.8. The molecule has 0 saturated heterocycles. The zero-order chi connectivity index (χ0) is 22.3. The van der Waals surface area contributed by atoms with Gasteiger partial charge in [0.1, 0.15) is 12.0 Å². The molecule has 0 bridgehead atoms. The standard InChI is InChI=1S/C22H17F2IN6O/c23-22(24,25)14-5-7-18(26-9-14)21(32)30-17-3-1-2-12-8-13(4-6-15(12)17)19-16-10-29-31-20(16)28-11-27-19/h4-11,17H,1-3H2,(H,30,32)(H,27,28,29,31). The number of aromatic amines is 1. The number of rotatable bonds is 4. The third kappa shape index (κ3) is 3.94. The fourth-order valence-corrected chi connectivity index (χ4v) is 4.35. The number of amides is 1. The lowest BCUT2D eigenvalue weighted by molar-refractivity contribution is 0.0926. The highest BCUT2D eigenvalue weighted by Gasteiger charge is 2.28. The van der Waals surface area contributed by atoms with E-state index in [9.17, 15) is 13.6 Å². The summed E-state index contributed by atoms with van der Waals surface area (Å²) in [5.41, 5.74) is 4.50. The van der Waals surface area contributed by atoms with Crippen LogP contribution in [0.5, 0.6) is 0 Å². The van der Waals surface area contributed by atoms with Crippen LogP contribution in [0, 0.1) is 0 Å². The van der Waals surface area contributed by atoms with Gasteiger partial charge in [-0.3, -0.25) is 14.9 Å². The predicted octanol–water partition coefficient (Wildman–Crippen LogP) is 4.71. The SMILES string of the molecule is O=C(NC1CCCc2cc(-c3ncnc4[nH]ncc34)ccc21)c1ccc(C(F)(F)I)cn1. The van der Waals surface area contributed by atoms with Crippen LogP contribution in [-0.2, 0) is 10.4 Å². The number of H-pyrrole nitrogens is 1. The largest absolute Gasteiger partial charge is 0.344 e. The number of aryl methyl sites for hydroxylation is 1. The summed E-state index contributed by atoms with van der Waals surface area (Å²) in [6.45, 7) is 0. The van der Waals surface area contributed by atoms with E-state index in [-0.39, 0.29) is 23.2 Å².